The van der Waals surface area contributed by atoms with Crippen molar-refractivity contribution in [1.82, 2.24) is 15.1 Å². The van der Waals surface area contributed by atoms with Crippen molar-refractivity contribution < 1.29 is 0 Å². The van der Waals surface area contributed by atoms with E-state index in [1.165, 1.54) is 11.3 Å². The van der Waals surface area contributed by atoms with Crippen molar-refractivity contribution in [2.45, 2.75) is 6.04 Å². The van der Waals surface area contributed by atoms with Gasteiger partial charge in [0.15, 0.2) is 0 Å². The quantitative estimate of drug-likeness (QED) is 0.933. The number of aromatic nitrogens is 2. The smallest absolute Gasteiger partial charge is 0.0837 e. The first-order valence-corrected chi connectivity index (χ1v) is 6.54. The first kappa shape index (κ1) is 13.9. The third kappa shape index (κ3) is 2.74. The van der Waals surface area contributed by atoms with E-state index in [4.69, 9.17) is 11.6 Å². The monoisotopic (exact) mass is 278 g/mol. The molecule has 2 rings (SSSR count). The van der Waals surface area contributed by atoms with Crippen molar-refractivity contribution in [3.63, 3.8) is 0 Å². The number of anilines is 1. The molecule has 1 unspecified atom stereocenters. The fourth-order valence-corrected chi connectivity index (χ4v) is 2.45. The van der Waals surface area contributed by atoms with Crippen molar-refractivity contribution in [1.29, 1.82) is 0 Å². The Morgan fingerprint density at radius 3 is 2.32 bits per heavy atom. The Labute approximate surface area is 119 Å². The molecule has 1 aromatic carbocycles. The Morgan fingerprint density at radius 1 is 1.26 bits per heavy atom. The average Bonchev–Trinajstić information content (AvgIpc) is 2.72. The maximum absolute atomic E-state index is 6.22. The summed E-state index contributed by atoms with van der Waals surface area (Å²) in [7, 11) is 7.89. The Bertz CT molecular complexity index is 526. The highest BCUT2D eigenvalue weighted by atomic mass is 35.5. The van der Waals surface area contributed by atoms with Crippen molar-refractivity contribution in [2.75, 3.05) is 26.0 Å². The molecular weight excluding hydrogens is 260 g/mol. The lowest BCUT2D eigenvalue weighted by molar-refractivity contribution is 0.606. The van der Waals surface area contributed by atoms with Gasteiger partial charge in [-0.15, -0.1) is 0 Å². The zero-order valence-electron chi connectivity index (χ0n) is 11.7. The summed E-state index contributed by atoms with van der Waals surface area (Å²) in [6.07, 6.45) is 1.68. The van der Waals surface area contributed by atoms with Gasteiger partial charge in [0.25, 0.3) is 0 Å². The van der Waals surface area contributed by atoms with Crippen LogP contribution < -0.4 is 10.2 Å². The number of nitrogens with zero attached hydrogens (tertiary/aromatic N) is 3. The van der Waals surface area contributed by atoms with Crippen LogP contribution >= 0.6 is 11.6 Å². The zero-order chi connectivity index (χ0) is 14.0. The fourth-order valence-electron chi connectivity index (χ4n) is 2.17. The van der Waals surface area contributed by atoms with Crippen LogP contribution in [0.1, 0.15) is 17.3 Å². The molecule has 1 N–H and O–H groups in total. The lowest BCUT2D eigenvalue weighted by Gasteiger charge is -2.19. The molecule has 0 amide bonds. The van der Waals surface area contributed by atoms with Gasteiger partial charge in [0.2, 0.25) is 0 Å². The van der Waals surface area contributed by atoms with Crippen LogP contribution in [0, 0.1) is 0 Å². The fraction of sp³-hybridized carbons (Fsp3) is 0.357. The average molecular weight is 279 g/mol. The van der Waals surface area contributed by atoms with Gasteiger partial charge in [0.05, 0.1) is 23.0 Å². The summed E-state index contributed by atoms with van der Waals surface area (Å²) in [4.78, 5) is 2.08. The molecule has 102 valence electrons. The summed E-state index contributed by atoms with van der Waals surface area (Å²) in [5, 5.41) is 8.16. The summed E-state index contributed by atoms with van der Waals surface area (Å²) in [6.45, 7) is 0. The predicted octanol–water partition coefficient (Wildman–Crippen LogP) is 2.45. The highest BCUT2D eigenvalue weighted by Gasteiger charge is 2.19. The van der Waals surface area contributed by atoms with E-state index in [1.807, 2.05) is 32.9 Å². The number of aryl methyl sites for hydroxylation is 1. The Hall–Kier alpha value is -1.52. The highest BCUT2D eigenvalue weighted by molar-refractivity contribution is 6.31. The molecular formula is C14H19ClN4. The normalized spacial score (nSPS) is 12.5. The third-order valence-electron chi connectivity index (χ3n) is 3.24. The summed E-state index contributed by atoms with van der Waals surface area (Å²) in [6, 6.07) is 8.46. The van der Waals surface area contributed by atoms with Crippen LogP contribution in [0.25, 0.3) is 0 Å². The first-order chi connectivity index (χ1) is 9.04. The van der Waals surface area contributed by atoms with Crippen LogP contribution in [-0.2, 0) is 7.05 Å². The molecule has 1 atom stereocenters. The molecule has 4 nitrogen and oxygen atoms in total. The van der Waals surface area contributed by atoms with E-state index in [0.717, 1.165) is 5.69 Å². The Kier molecular flexibility index (Phi) is 4.12. The number of nitrogens with one attached hydrogen (secondary N) is 1. The number of hydrogen-bond donors (Lipinski definition) is 1. The van der Waals surface area contributed by atoms with Gasteiger partial charge in [0, 0.05) is 26.8 Å². The molecule has 0 fully saturated rings. The molecule has 0 spiro atoms. The predicted molar refractivity (Wildman–Crippen MR) is 79.9 cm³/mol. The standard InChI is InChI=1S/C14H19ClN4/c1-16-13(14-12(15)9-17-19(14)4)10-5-7-11(8-6-10)18(2)3/h5-9,13,16H,1-4H3. The van der Waals surface area contributed by atoms with Crippen molar-refractivity contribution in [3.8, 4) is 0 Å². The minimum absolute atomic E-state index is 0.0382. The van der Waals surface area contributed by atoms with Gasteiger partial charge in [-0.1, -0.05) is 23.7 Å². The minimum atomic E-state index is 0.0382. The first-order valence-electron chi connectivity index (χ1n) is 6.16. The number of halogens is 1. The van der Waals surface area contributed by atoms with Crippen molar-refractivity contribution >= 4 is 17.3 Å². The maximum atomic E-state index is 6.22. The van der Waals surface area contributed by atoms with Gasteiger partial charge in [0.1, 0.15) is 0 Å². The Morgan fingerprint density at radius 2 is 1.89 bits per heavy atom. The molecule has 19 heavy (non-hydrogen) atoms. The molecule has 0 aliphatic heterocycles. The molecule has 1 heterocycles. The lowest BCUT2D eigenvalue weighted by Crippen LogP contribution is -2.21. The minimum Gasteiger partial charge on any atom is -0.378 e. The SMILES string of the molecule is CNC(c1ccc(N(C)C)cc1)c1c(Cl)cnn1C. The van der Waals surface area contributed by atoms with Crippen molar-refractivity contribution in [2.24, 2.45) is 7.05 Å². The zero-order valence-corrected chi connectivity index (χ0v) is 12.4. The molecule has 0 bridgehead atoms. The summed E-state index contributed by atoms with van der Waals surface area (Å²) < 4.78 is 1.81. The van der Waals surface area contributed by atoms with E-state index in [2.05, 4.69) is 39.6 Å². The Balaban J connectivity index is 2.37. The van der Waals surface area contributed by atoms with Gasteiger partial charge < -0.3 is 10.2 Å². The van der Waals surface area contributed by atoms with Gasteiger partial charge >= 0.3 is 0 Å². The second kappa shape index (κ2) is 5.63. The van der Waals surface area contributed by atoms with E-state index in [9.17, 15) is 0 Å². The molecule has 5 heteroatoms. The van der Waals surface area contributed by atoms with Gasteiger partial charge in [-0.05, 0) is 24.7 Å². The van der Waals surface area contributed by atoms with Crippen LogP contribution in [0.3, 0.4) is 0 Å². The van der Waals surface area contributed by atoms with E-state index < -0.39 is 0 Å². The second-order valence-electron chi connectivity index (χ2n) is 4.71. The van der Waals surface area contributed by atoms with Crippen LogP contribution in [-0.4, -0.2) is 30.9 Å². The lowest BCUT2D eigenvalue weighted by atomic mass is 10.0. The van der Waals surface area contributed by atoms with Gasteiger partial charge in [-0.2, -0.15) is 5.10 Å². The summed E-state index contributed by atoms with van der Waals surface area (Å²) in [5.74, 6) is 0. The van der Waals surface area contributed by atoms with Crippen LogP contribution in [0.4, 0.5) is 5.69 Å². The van der Waals surface area contributed by atoms with E-state index in [0.29, 0.717) is 5.02 Å². The van der Waals surface area contributed by atoms with Gasteiger partial charge in [-0.25, -0.2) is 0 Å². The van der Waals surface area contributed by atoms with Gasteiger partial charge in [-0.3, -0.25) is 4.68 Å². The molecule has 0 aliphatic carbocycles. The molecule has 2 aromatic rings. The molecule has 1 aromatic heterocycles. The third-order valence-corrected chi connectivity index (χ3v) is 3.53. The number of rotatable bonds is 4. The highest BCUT2D eigenvalue weighted by Crippen LogP contribution is 2.28. The molecule has 0 saturated carbocycles. The summed E-state index contributed by atoms with van der Waals surface area (Å²) in [5.41, 5.74) is 3.31. The number of hydrogen-bond acceptors (Lipinski definition) is 3. The number of benzene rings is 1. The van der Waals surface area contributed by atoms with Crippen LogP contribution in [0.2, 0.25) is 5.02 Å². The summed E-state index contributed by atoms with van der Waals surface area (Å²) >= 11 is 6.22. The topological polar surface area (TPSA) is 33.1 Å². The van der Waals surface area contributed by atoms with Crippen molar-refractivity contribution in [3.05, 3.63) is 46.7 Å². The molecule has 0 saturated heterocycles. The molecule has 0 aliphatic rings. The maximum Gasteiger partial charge on any atom is 0.0837 e. The largest absolute Gasteiger partial charge is 0.378 e. The second-order valence-corrected chi connectivity index (χ2v) is 5.12. The molecule has 0 radical (unpaired) electrons. The van der Waals surface area contributed by atoms with Crippen LogP contribution in [0.15, 0.2) is 30.5 Å². The van der Waals surface area contributed by atoms with E-state index in [-0.39, 0.29) is 6.04 Å². The van der Waals surface area contributed by atoms with Crippen LogP contribution in [0.5, 0.6) is 0 Å². The van der Waals surface area contributed by atoms with E-state index in [1.54, 1.807) is 6.20 Å². The van der Waals surface area contributed by atoms with E-state index >= 15 is 0 Å².